The molecule has 0 amide bonds. The highest BCUT2D eigenvalue weighted by Crippen LogP contribution is 2.32. The van der Waals surface area contributed by atoms with Crippen LogP contribution in [0.2, 0.25) is 0 Å². The fraction of sp³-hybridized carbons (Fsp3) is 0.588. The van der Waals surface area contributed by atoms with Gasteiger partial charge in [0.25, 0.3) is 0 Å². The fourth-order valence-electron chi connectivity index (χ4n) is 3.23. The third kappa shape index (κ3) is 4.68. The molecule has 1 aliphatic heterocycles. The van der Waals surface area contributed by atoms with Gasteiger partial charge in [-0.25, -0.2) is 0 Å². The maximum absolute atomic E-state index is 10.8. The van der Waals surface area contributed by atoms with Crippen LogP contribution >= 0.6 is 15.9 Å². The predicted octanol–water partition coefficient (Wildman–Crippen LogP) is 3.00. The number of halogens is 1. The summed E-state index contributed by atoms with van der Waals surface area (Å²) in [5, 5.41) is 8.91. The molecule has 1 fully saturated rings. The average Bonchev–Trinajstić information content (AvgIpc) is 2.53. The minimum Gasteiger partial charge on any atom is -0.497 e. The molecule has 1 aromatic carbocycles. The minimum absolute atomic E-state index is 0.115. The minimum atomic E-state index is -0.759. The highest BCUT2D eigenvalue weighted by molar-refractivity contribution is 9.10. The maximum atomic E-state index is 10.8. The van der Waals surface area contributed by atoms with Crippen LogP contribution in [0.4, 0.5) is 0 Å². The Morgan fingerprint density at radius 1 is 1.48 bits per heavy atom. The summed E-state index contributed by atoms with van der Waals surface area (Å²) < 4.78 is 6.31. The van der Waals surface area contributed by atoms with Crippen LogP contribution in [0.15, 0.2) is 22.7 Å². The molecule has 1 saturated heterocycles. The third-order valence-corrected chi connectivity index (χ3v) is 5.40. The zero-order chi connectivity index (χ0) is 17.0. The van der Waals surface area contributed by atoms with Gasteiger partial charge in [0.05, 0.1) is 13.7 Å². The maximum Gasteiger partial charge on any atom is 0.317 e. The van der Waals surface area contributed by atoms with Crippen LogP contribution in [0.3, 0.4) is 0 Å². The van der Waals surface area contributed by atoms with E-state index in [2.05, 4.69) is 33.8 Å². The molecule has 1 unspecified atom stereocenters. The van der Waals surface area contributed by atoms with Gasteiger partial charge in [-0.15, -0.1) is 0 Å². The van der Waals surface area contributed by atoms with Gasteiger partial charge in [0.15, 0.2) is 0 Å². The van der Waals surface area contributed by atoms with Crippen molar-refractivity contribution in [3.05, 3.63) is 28.2 Å². The van der Waals surface area contributed by atoms with Crippen LogP contribution in [0.5, 0.6) is 5.75 Å². The van der Waals surface area contributed by atoms with Crippen molar-refractivity contribution in [3.63, 3.8) is 0 Å². The molecule has 1 atom stereocenters. The molecule has 0 saturated carbocycles. The second kappa shape index (κ2) is 8.13. The van der Waals surface area contributed by atoms with Gasteiger partial charge in [0.2, 0.25) is 0 Å². The molecule has 2 rings (SSSR count). The quantitative estimate of drug-likeness (QED) is 0.816. The lowest BCUT2D eigenvalue weighted by Crippen LogP contribution is -2.45. The van der Waals surface area contributed by atoms with E-state index in [1.807, 2.05) is 24.1 Å². The Morgan fingerprint density at radius 3 is 2.65 bits per heavy atom. The van der Waals surface area contributed by atoms with Crippen LogP contribution in [0.25, 0.3) is 0 Å². The van der Waals surface area contributed by atoms with E-state index in [0.29, 0.717) is 12.1 Å². The number of ether oxygens (including phenoxy) is 1. The van der Waals surface area contributed by atoms with E-state index in [1.54, 1.807) is 7.11 Å². The molecular weight excluding hydrogens is 360 g/mol. The first-order chi connectivity index (χ1) is 10.9. The van der Waals surface area contributed by atoms with Crippen LogP contribution in [-0.2, 0) is 4.79 Å². The number of piperidine rings is 1. The van der Waals surface area contributed by atoms with E-state index < -0.39 is 5.97 Å². The van der Waals surface area contributed by atoms with E-state index in [0.717, 1.165) is 36.2 Å². The van der Waals surface area contributed by atoms with Gasteiger partial charge in [0.1, 0.15) is 5.75 Å². The monoisotopic (exact) mass is 384 g/mol. The summed E-state index contributed by atoms with van der Waals surface area (Å²) in [4.78, 5) is 15.2. The van der Waals surface area contributed by atoms with E-state index in [9.17, 15) is 4.79 Å². The lowest BCUT2D eigenvalue weighted by molar-refractivity contribution is -0.138. The van der Waals surface area contributed by atoms with Gasteiger partial charge >= 0.3 is 5.97 Å². The van der Waals surface area contributed by atoms with Crippen LogP contribution in [0, 0.1) is 0 Å². The summed E-state index contributed by atoms with van der Waals surface area (Å²) in [7, 11) is 3.57. The van der Waals surface area contributed by atoms with Gasteiger partial charge in [-0.2, -0.15) is 0 Å². The summed E-state index contributed by atoms with van der Waals surface area (Å²) in [5.41, 5.74) is 1.25. The Hall–Kier alpha value is -1.11. The summed E-state index contributed by atoms with van der Waals surface area (Å²) in [5.74, 6) is 0.0901. The number of nitrogens with zero attached hydrogens (tertiary/aromatic N) is 2. The largest absolute Gasteiger partial charge is 0.497 e. The molecule has 6 heteroatoms. The van der Waals surface area contributed by atoms with Crippen molar-refractivity contribution < 1.29 is 14.6 Å². The zero-order valence-corrected chi connectivity index (χ0v) is 15.5. The summed E-state index contributed by atoms with van der Waals surface area (Å²) in [6.07, 6.45) is 2.00. The first-order valence-corrected chi connectivity index (χ1v) is 8.71. The number of carboxylic acid groups (broad SMARTS) is 1. The second-order valence-electron chi connectivity index (χ2n) is 6.14. The number of rotatable bonds is 6. The van der Waals surface area contributed by atoms with Crippen molar-refractivity contribution >= 4 is 21.9 Å². The molecular formula is C17H25BrN2O3. The number of hydrogen-bond acceptors (Lipinski definition) is 4. The Morgan fingerprint density at radius 2 is 2.13 bits per heavy atom. The fourth-order valence-corrected chi connectivity index (χ4v) is 3.92. The highest BCUT2D eigenvalue weighted by Gasteiger charge is 2.27. The van der Waals surface area contributed by atoms with E-state index in [-0.39, 0.29) is 6.54 Å². The summed E-state index contributed by atoms with van der Waals surface area (Å²) in [6.45, 7) is 4.29. The molecule has 1 aliphatic rings. The smallest absolute Gasteiger partial charge is 0.317 e. The van der Waals surface area contributed by atoms with Crippen LogP contribution < -0.4 is 4.74 Å². The second-order valence-corrected chi connectivity index (χ2v) is 6.99. The van der Waals surface area contributed by atoms with Crippen LogP contribution in [0.1, 0.15) is 31.4 Å². The first kappa shape index (κ1) is 18.2. The standard InChI is InChI=1S/C17H25BrN2O3/c1-12(15-5-4-14(23-3)10-16(15)18)20-8-6-13(7-9-20)19(2)11-17(21)22/h4-5,10,12-13H,6-9,11H2,1-3H3,(H,21,22). The highest BCUT2D eigenvalue weighted by atomic mass is 79.9. The summed E-state index contributed by atoms with van der Waals surface area (Å²) in [6, 6.07) is 6.77. The SMILES string of the molecule is COc1ccc(C(C)N2CCC(N(C)CC(=O)O)CC2)c(Br)c1. The molecule has 128 valence electrons. The predicted molar refractivity (Wildman–Crippen MR) is 94.0 cm³/mol. The van der Waals surface area contributed by atoms with Crippen molar-refractivity contribution in [3.8, 4) is 5.75 Å². The number of likely N-dealkylation sites (N-methyl/N-ethyl adjacent to an activating group) is 1. The Bertz CT molecular complexity index is 545. The van der Waals surface area contributed by atoms with E-state index in [1.165, 1.54) is 5.56 Å². The normalized spacial score (nSPS) is 18.1. The number of benzene rings is 1. The van der Waals surface area contributed by atoms with Crippen molar-refractivity contribution in [2.75, 3.05) is 33.8 Å². The van der Waals surface area contributed by atoms with Gasteiger partial charge in [-0.05, 0) is 44.5 Å². The Kier molecular flexibility index (Phi) is 6.44. The van der Waals surface area contributed by atoms with E-state index >= 15 is 0 Å². The molecule has 0 bridgehead atoms. The molecule has 5 nitrogen and oxygen atoms in total. The lowest BCUT2D eigenvalue weighted by atomic mass is 9.99. The molecule has 0 spiro atoms. The number of likely N-dealkylation sites (tertiary alicyclic amines) is 1. The Labute approximate surface area is 146 Å². The third-order valence-electron chi connectivity index (χ3n) is 4.71. The summed E-state index contributed by atoms with van der Waals surface area (Å²) >= 11 is 3.64. The van der Waals surface area contributed by atoms with Crippen molar-refractivity contribution in [1.82, 2.24) is 9.80 Å². The lowest BCUT2D eigenvalue weighted by Gasteiger charge is -2.39. The van der Waals surface area contributed by atoms with Gasteiger partial charge < -0.3 is 9.84 Å². The number of aliphatic carboxylic acids is 1. The number of carbonyl (C=O) groups is 1. The molecule has 23 heavy (non-hydrogen) atoms. The molecule has 0 aromatic heterocycles. The van der Waals surface area contributed by atoms with Gasteiger partial charge in [0, 0.05) is 29.6 Å². The van der Waals surface area contributed by atoms with Crippen LogP contribution in [-0.4, -0.2) is 60.7 Å². The Balaban J connectivity index is 1.95. The molecule has 1 N–H and O–H groups in total. The molecule has 1 heterocycles. The van der Waals surface area contributed by atoms with Crippen molar-refractivity contribution in [1.29, 1.82) is 0 Å². The van der Waals surface area contributed by atoms with Gasteiger partial charge in [-0.1, -0.05) is 22.0 Å². The number of hydrogen-bond donors (Lipinski definition) is 1. The van der Waals surface area contributed by atoms with Crippen molar-refractivity contribution in [2.45, 2.75) is 31.8 Å². The van der Waals surface area contributed by atoms with E-state index in [4.69, 9.17) is 9.84 Å². The number of methoxy groups -OCH3 is 1. The van der Waals surface area contributed by atoms with Crippen molar-refractivity contribution in [2.24, 2.45) is 0 Å². The first-order valence-electron chi connectivity index (χ1n) is 7.92. The molecule has 1 aromatic rings. The molecule has 0 aliphatic carbocycles. The molecule has 0 radical (unpaired) electrons. The topological polar surface area (TPSA) is 53.0 Å². The number of carboxylic acids is 1. The van der Waals surface area contributed by atoms with Gasteiger partial charge in [-0.3, -0.25) is 14.6 Å². The average molecular weight is 385 g/mol. The zero-order valence-electron chi connectivity index (χ0n) is 14.0.